The number of rotatable bonds is 4. The number of hydrogen-bond donors (Lipinski definition) is 1. The minimum absolute atomic E-state index is 0.00847. The number of benzene rings is 2. The number of carbonyl (C=O) groups is 1. The molecule has 24 heavy (non-hydrogen) atoms. The number of anilines is 1. The third-order valence-corrected chi connectivity index (χ3v) is 3.04. The van der Waals surface area contributed by atoms with Crippen molar-refractivity contribution in [3.8, 4) is 11.6 Å². The monoisotopic (exact) mass is 327 g/mol. The second kappa shape index (κ2) is 6.82. The largest absolute Gasteiger partial charge is 0.437 e. The van der Waals surface area contributed by atoms with E-state index in [0.29, 0.717) is 17.3 Å². The summed E-state index contributed by atoms with van der Waals surface area (Å²) < 4.78 is 31.6. The van der Waals surface area contributed by atoms with E-state index < -0.39 is 17.5 Å². The molecule has 0 unspecified atom stereocenters. The van der Waals surface area contributed by atoms with Crippen LogP contribution in [0.5, 0.6) is 11.6 Å². The molecule has 0 saturated heterocycles. The topological polar surface area (TPSA) is 64.1 Å². The molecular formula is C17H11F2N3O2. The van der Waals surface area contributed by atoms with E-state index >= 15 is 0 Å². The number of nitrogens with zero attached hydrogens (tertiary/aromatic N) is 2. The molecule has 0 radical (unpaired) electrons. The molecule has 0 spiro atoms. The Morgan fingerprint density at radius 1 is 1.04 bits per heavy atom. The van der Waals surface area contributed by atoms with E-state index in [1.165, 1.54) is 24.7 Å². The zero-order valence-corrected chi connectivity index (χ0v) is 12.2. The molecule has 2 aromatic carbocycles. The smallest absolute Gasteiger partial charge is 0.255 e. The lowest BCUT2D eigenvalue weighted by Crippen LogP contribution is -2.12. The lowest BCUT2D eigenvalue weighted by atomic mass is 10.2. The summed E-state index contributed by atoms with van der Waals surface area (Å²) in [4.78, 5) is 19.9. The molecule has 1 amide bonds. The predicted molar refractivity (Wildman–Crippen MR) is 82.9 cm³/mol. The molecule has 7 heteroatoms. The maximum Gasteiger partial charge on any atom is 0.255 e. The molecule has 0 aliphatic heterocycles. The van der Waals surface area contributed by atoms with Gasteiger partial charge in [0.25, 0.3) is 5.91 Å². The fourth-order valence-corrected chi connectivity index (χ4v) is 1.94. The van der Waals surface area contributed by atoms with Crippen LogP contribution in [0.4, 0.5) is 14.5 Å². The van der Waals surface area contributed by atoms with E-state index in [1.54, 1.807) is 24.3 Å². The van der Waals surface area contributed by atoms with Crippen molar-refractivity contribution in [3.63, 3.8) is 0 Å². The number of aromatic nitrogens is 2. The van der Waals surface area contributed by atoms with Gasteiger partial charge in [-0.25, -0.2) is 13.8 Å². The van der Waals surface area contributed by atoms with Crippen LogP contribution in [0.3, 0.4) is 0 Å². The zero-order chi connectivity index (χ0) is 16.9. The number of halogens is 2. The standard InChI is InChI=1S/C17H11F2N3O2/c18-14-5-4-11(8-15(14)19)17(23)22-12-2-1-3-13(9-12)24-16-10-20-6-7-21-16/h1-10H,(H,22,23). The molecule has 0 atom stereocenters. The summed E-state index contributed by atoms with van der Waals surface area (Å²) in [6, 6.07) is 9.51. The molecule has 120 valence electrons. The fourth-order valence-electron chi connectivity index (χ4n) is 1.94. The Morgan fingerprint density at radius 2 is 1.92 bits per heavy atom. The van der Waals surface area contributed by atoms with Gasteiger partial charge in [0.1, 0.15) is 5.75 Å². The van der Waals surface area contributed by atoms with Crippen LogP contribution in [0.1, 0.15) is 10.4 Å². The van der Waals surface area contributed by atoms with Crippen molar-refractivity contribution in [2.24, 2.45) is 0 Å². The van der Waals surface area contributed by atoms with Gasteiger partial charge in [0.05, 0.1) is 6.20 Å². The van der Waals surface area contributed by atoms with Gasteiger partial charge in [0.15, 0.2) is 11.6 Å². The number of carbonyl (C=O) groups excluding carboxylic acids is 1. The van der Waals surface area contributed by atoms with Crippen molar-refractivity contribution in [2.75, 3.05) is 5.32 Å². The van der Waals surface area contributed by atoms with Crippen LogP contribution >= 0.6 is 0 Å². The van der Waals surface area contributed by atoms with Gasteiger partial charge in [-0.3, -0.25) is 9.78 Å². The third kappa shape index (κ3) is 3.70. The Bertz CT molecular complexity index is 873. The molecule has 5 nitrogen and oxygen atoms in total. The zero-order valence-electron chi connectivity index (χ0n) is 12.2. The first-order valence-electron chi connectivity index (χ1n) is 6.92. The van der Waals surface area contributed by atoms with Gasteiger partial charge in [-0.2, -0.15) is 0 Å². The van der Waals surface area contributed by atoms with Gasteiger partial charge in [-0.1, -0.05) is 6.07 Å². The molecule has 0 fully saturated rings. The second-order valence-corrected chi connectivity index (χ2v) is 4.76. The Labute approximate surface area is 136 Å². The highest BCUT2D eigenvalue weighted by molar-refractivity contribution is 6.04. The number of amides is 1. The van der Waals surface area contributed by atoms with Crippen LogP contribution in [-0.2, 0) is 0 Å². The summed E-state index contributed by atoms with van der Waals surface area (Å²) >= 11 is 0. The molecule has 0 bridgehead atoms. The van der Waals surface area contributed by atoms with Crippen LogP contribution in [0.15, 0.2) is 61.1 Å². The lowest BCUT2D eigenvalue weighted by molar-refractivity contribution is 0.102. The second-order valence-electron chi connectivity index (χ2n) is 4.76. The molecule has 1 aromatic heterocycles. The maximum atomic E-state index is 13.2. The van der Waals surface area contributed by atoms with E-state index in [2.05, 4.69) is 15.3 Å². The summed E-state index contributed by atoms with van der Waals surface area (Å²) in [6.07, 6.45) is 4.46. The van der Waals surface area contributed by atoms with Crippen LogP contribution < -0.4 is 10.1 Å². The summed E-state index contributed by atoms with van der Waals surface area (Å²) in [6.45, 7) is 0. The molecule has 0 aliphatic rings. The summed E-state index contributed by atoms with van der Waals surface area (Å²) in [5, 5.41) is 2.59. The van der Waals surface area contributed by atoms with Crippen molar-refractivity contribution in [1.82, 2.24) is 9.97 Å². The minimum atomic E-state index is -1.08. The van der Waals surface area contributed by atoms with Gasteiger partial charge >= 0.3 is 0 Å². The van der Waals surface area contributed by atoms with Gasteiger partial charge < -0.3 is 10.1 Å². The molecule has 1 heterocycles. The highest BCUT2D eigenvalue weighted by Gasteiger charge is 2.10. The van der Waals surface area contributed by atoms with Crippen LogP contribution in [0, 0.1) is 11.6 Å². The summed E-state index contributed by atoms with van der Waals surface area (Å²) in [5.41, 5.74) is 0.445. The van der Waals surface area contributed by atoms with Crippen molar-refractivity contribution < 1.29 is 18.3 Å². The van der Waals surface area contributed by atoms with Crippen molar-refractivity contribution in [3.05, 3.63) is 78.3 Å². The van der Waals surface area contributed by atoms with E-state index in [-0.39, 0.29) is 5.56 Å². The van der Waals surface area contributed by atoms with Crippen LogP contribution in [0.25, 0.3) is 0 Å². The normalized spacial score (nSPS) is 10.2. The predicted octanol–water partition coefficient (Wildman–Crippen LogP) is 3.80. The van der Waals surface area contributed by atoms with Crippen LogP contribution in [0.2, 0.25) is 0 Å². The van der Waals surface area contributed by atoms with Gasteiger partial charge in [-0.15, -0.1) is 0 Å². The number of ether oxygens (including phenoxy) is 1. The molecule has 1 N–H and O–H groups in total. The molecule has 3 aromatic rings. The van der Waals surface area contributed by atoms with Crippen molar-refractivity contribution >= 4 is 11.6 Å². The Morgan fingerprint density at radius 3 is 2.67 bits per heavy atom. The highest BCUT2D eigenvalue weighted by Crippen LogP contribution is 2.22. The lowest BCUT2D eigenvalue weighted by Gasteiger charge is -2.08. The first-order chi connectivity index (χ1) is 11.6. The van der Waals surface area contributed by atoms with Crippen molar-refractivity contribution in [1.29, 1.82) is 0 Å². The Hall–Kier alpha value is -3.35. The Balaban J connectivity index is 1.74. The average Bonchev–Trinajstić information content (AvgIpc) is 2.58. The number of nitrogens with one attached hydrogen (secondary N) is 1. The third-order valence-electron chi connectivity index (χ3n) is 3.04. The minimum Gasteiger partial charge on any atom is -0.437 e. The Kier molecular flexibility index (Phi) is 4.42. The fraction of sp³-hybridized carbons (Fsp3) is 0. The molecular weight excluding hydrogens is 316 g/mol. The molecule has 0 saturated carbocycles. The summed E-state index contributed by atoms with van der Waals surface area (Å²) in [7, 11) is 0. The van der Waals surface area contributed by atoms with E-state index in [4.69, 9.17) is 4.74 Å². The average molecular weight is 327 g/mol. The van der Waals surface area contributed by atoms with E-state index in [9.17, 15) is 13.6 Å². The van der Waals surface area contributed by atoms with E-state index in [0.717, 1.165) is 12.1 Å². The first-order valence-corrected chi connectivity index (χ1v) is 6.92. The molecule has 3 rings (SSSR count). The van der Waals surface area contributed by atoms with Crippen molar-refractivity contribution in [2.45, 2.75) is 0 Å². The first kappa shape index (κ1) is 15.5. The number of hydrogen-bond acceptors (Lipinski definition) is 4. The maximum absolute atomic E-state index is 13.2. The van der Waals surface area contributed by atoms with Gasteiger partial charge in [0.2, 0.25) is 5.88 Å². The summed E-state index contributed by atoms with van der Waals surface area (Å²) in [5.74, 6) is -1.90. The quantitative estimate of drug-likeness (QED) is 0.791. The van der Waals surface area contributed by atoms with Crippen LogP contribution in [-0.4, -0.2) is 15.9 Å². The molecule has 0 aliphatic carbocycles. The van der Waals surface area contributed by atoms with Gasteiger partial charge in [0, 0.05) is 29.7 Å². The van der Waals surface area contributed by atoms with E-state index in [1.807, 2.05) is 0 Å². The van der Waals surface area contributed by atoms with Gasteiger partial charge in [-0.05, 0) is 30.3 Å². The highest BCUT2D eigenvalue weighted by atomic mass is 19.2. The SMILES string of the molecule is O=C(Nc1cccc(Oc2cnccn2)c1)c1ccc(F)c(F)c1.